The van der Waals surface area contributed by atoms with E-state index in [1.165, 1.54) is 23.6 Å². The van der Waals surface area contributed by atoms with Crippen molar-refractivity contribution in [3.63, 3.8) is 0 Å². The highest BCUT2D eigenvalue weighted by Gasteiger charge is 2.22. The zero-order valence-electron chi connectivity index (χ0n) is 9.18. The third-order valence-corrected chi connectivity index (χ3v) is 2.44. The molecule has 2 amide bonds. The van der Waals surface area contributed by atoms with Gasteiger partial charge in [-0.25, -0.2) is 0 Å². The fourth-order valence-electron chi connectivity index (χ4n) is 1.71. The van der Waals surface area contributed by atoms with Crippen molar-refractivity contribution >= 4 is 23.2 Å². The van der Waals surface area contributed by atoms with Gasteiger partial charge in [-0.2, -0.15) is 0 Å². The molecule has 1 aliphatic rings. The van der Waals surface area contributed by atoms with Crippen LogP contribution in [0.25, 0.3) is 0 Å². The summed E-state index contributed by atoms with van der Waals surface area (Å²) in [6.45, 7) is 2.98. The van der Waals surface area contributed by atoms with Gasteiger partial charge < -0.3 is 0 Å². The Balaban J connectivity index is 2.54. The van der Waals surface area contributed by atoms with Crippen molar-refractivity contribution in [2.45, 2.75) is 13.8 Å². The van der Waals surface area contributed by atoms with Gasteiger partial charge in [0.25, 0.3) is 0 Å². The fourth-order valence-corrected chi connectivity index (χ4v) is 1.71. The lowest BCUT2D eigenvalue weighted by atomic mass is 10.2. The number of carbonyl (C=O) groups is 2. The second-order valence-electron chi connectivity index (χ2n) is 3.56. The lowest BCUT2D eigenvalue weighted by Gasteiger charge is -2.29. The Hall–Kier alpha value is -2.10. The molecule has 0 unspecified atom stereocenters. The van der Waals surface area contributed by atoms with Crippen LogP contribution < -0.4 is 9.80 Å². The molecular weight excluding hydrogens is 204 g/mol. The zero-order chi connectivity index (χ0) is 11.7. The maximum atomic E-state index is 11.4. The van der Waals surface area contributed by atoms with Crippen molar-refractivity contribution < 1.29 is 9.59 Å². The van der Waals surface area contributed by atoms with E-state index in [9.17, 15) is 9.59 Å². The standard InChI is InChI=1S/C12H12N2O2/c1-9(15)13-7-8-14(10(2)16)12-6-4-3-5-11(12)13/h3-8H,1-2H3. The van der Waals surface area contributed by atoms with Gasteiger partial charge in [-0.1, -0.05) is 12.1 Å². The Bertz CT molecular complexity index is 437. The quantitative estimate of drug-likeness (QED) is 0.664. The number of rotatable bonds is 0. The number of anilines is 2. The highest BCUT2D eigenvalue weighted by atomic mass is 16.2. The molecule has 0 saturated carbocycles. The normalized spacial score (nSPS) is 13.6. The molecule has 0 saturated heterocycles. The van der Waals surface area contributed by atoms with Crippen molar-refractivity contribution in [2.75, 3.05) is 9.80 Å². The topological polar surface area (TPSA) is 40.6 Å². The minimum Gasteiger partial charge on any atom is -0.285 e. The predicted molar refractivity (Wildman–Crippen MR) is 61.9 cm³/mol. The Labute approximate surface area is 93.8 Å². The van der Waals surface area contributed by atoms with E-state index in [0.29, 0.717) is 0 Å². The third-order valence-electron chi connectivity index (χ3n) is 2.44. The van der Waals surface area contributed by atoms with Gasteiger partial charge in [0.05, 0.1) is 11.4 Å². The second-order valence-corrected chi connectivity index (χ2v) is 3.56. The lowest BCUT2D eigenvalue weighted by molar-refractivity contribution is -0.117. The van der Waals surface area contributed by atoms with Crippen molar-refractivity contribution in [3.8, 4) is 0 Å². The van der Waals surface area contributed by atoms with Crippen molar-refractivity contribution in [3.05, 3.63) is 36.7 Å². The van der Waals surface area contributed by atoms with Gasteiger partial charge in [0.2, 0.25) is 11.8 Å². The Morgan fingerprint density at radius 2 is 1.25 bits per heavy atom. The summed E-state index contributed by atoms with van der Waals surface area (Å²) in [4.78, 5) is 25.9. The minimum absolute atomic E-state index is 0.0769. The van der Waals surface area contributed by atoms with Crippen LogP contribution >= 0.6 is 0 Å². The van der Waals surface area contributed by atoms with E-state index < -0.39 is 0 Å². The van der Waals surface area contributed by atoms with Crippen LogP contribution in [0.15, 0.2) is 36.7 Å². The summed E-state index contributed by atoms with van der Waals surface area (Å²) >= 11 is 0. The number of carbonyl (C=O) groups excluding carboxylic acids is 2. The first kappa shape index (κ1) is 10.4. The van der Waals surface area contributed by atoms with Gasteiger partial charge in [-0.05, 0) is 12.1 Å². The summed E-state index contributed by atoms with van der Waals surface area (Å²) in [6, 6.07) is 7.31. The molecule has 4 heteroatoms. The molecule has 1 aromatic rings. The molecule has 0 aromatic heterocycles. The monoisotopic (exact) mass is 216 g/mol. The largest absolute Gasteiger partial charge is 0.285 e. The van der Waals surface area contributed by atoms with E-state index in [1.807, 2.05) is 24.3 Å². The molecule has 0 aliphatic carbocycles. The van der Waals surface area contributed by atoms with Gasteiger partial charge in [0.15, 0.2) is 0 Å². The van der Waals surface area contributed by atoms with Crippen LogP contribution in [0.3, 0.4) is 0 Å². The molecule has 0 N–H and O–H groups in total. The Morgan fingerprint density at radius 3 is 1.56 bits per heavy atom. The second kappa shape index (κ2) is 3.81. The summed E-state index contributed by atoms with van der Waals surface area (Å²) in [7, 11) is 0. The Morgan fingerprint density at radius 1 is 0.875 bits per heavy atom. The van der Waals surface area contributed by atoms with Crippen LogP contribution in [0.2, 0.25) is 0 Å². The molecule has 0 radical (unpaired) electrons. The Kier molecular flexibility index (Phi) is 2.48. The summed E-state index contributed by atoms with van der Waals surface area (Å²) < 4.78 is 0. The summed E-state index contributed by atoms with van der Waals surface area (Å²) in [5.74, 6) is -0.154. The van der Waals surface area contributed by atoms with Gasteiger partial charge in [0.1, 0.15) is 0 Å². The van der Waals surface area contributed by atoms with Gasteiger partial charge in [0, 0.05) is 26.2 Å². The van der Waals surface area contributed by atoms with E-state index in [0.717, 1.165) is 11.4 Å². The van der Waals surface area contributed by atoms with Gasteiger partial charge in [-0.3, -0.25) is 19.4 Å². The van der Waals surface area contributed by atoms with Crippen LogP contribution in [0, 0.1) is 0 Å². The molecule has 0 spiro atoms. The van der Waals surface area contributed by atoms with Crippen LogP contribution in [-0.4, -0.2) is 11.8 Å². The molecule has 1 aliphatic heterocycles. The maximum absolute atomic E-state index is 11.4. The zero-order valence-corrected chi connectivity index (χ0v) is 9.18. The first-order valence-electron chi connectivity index (χ1n) is 4.98. The molecule has 1 heterocycles. The molecule has 16 heavy (non-hydrogen) atoms. The average molecular weight is 216 g/mol. The SMILES string of the molecule is CC(=O)N1C=CN(C(C)=O)c2ccccc21. The van der Waals surface area contributed by atoms with E-state index in [-0.39, 0.29) is 11.8 Å². The van der Waals surface area contributed by atoms with E-state index in [4.69, 9.17) is 0 Å². The smallest absolute Gasteiger partial charge is 0.228 e. The van der Waals surface area contributed by atoms with E-state index in [1.54, 1.807) is 12.4 Å². The number of hydrogen-bond donors (Lipinski definition) is 0. The first-order valence-corrected chi connectivity index (χ1v) is 4.98. The maximum Gasteiger partial charge on any atom is 0.228 e. The average Bonchev–Trinajstić information content (AvgIpc) is 2.27. The van der Waals surface area contributed by atoms with E-state index in [2.05, 4.69) is 0 Å². The molecule has 1 aromatic carbocycles. The van der Waals surface area contributed by atoms with Gasteiger partial charge >= 0.3 is 0 Å². The number of nitrogens with zero attached hydrogens (tertiary/aromatic N) is 2. The van der Waals surface area contributed by atoms with Crippen molar-refractivity contribution in [1.29, 1.82) is 0 Å². The molecule has 0 atom stereocenters. The lowest BCUT2D eigenvalue weighted by Crippen LogP contribution is -2.32. The number of amides is 2. The number of fused-ring (bicyclic) bond motifs is 1. The summed E-state index contributed by atoms with van der Waals surface area (Å²) in [5.41, 5.74) is 1.46. The highest BCUT2D eigenvalue weighted by molar-refractivity contribution is 6.04. The molecular formula is C12H12N2O2. The fraction of sp³-hybridized carbons (Fsp3) is 0.167. The molecule has 0 fully saturated rings. The molecule has 2 rings (SSSR count). The first-order chi connectivity index (χ1) is 7.61. The minimum atomic E-state index is -0.0769. The summed E-state index contributed by atoms with van der Waals surface area (Å²) in [5, 5.41) is 0. The molecule has 0 bridgehead atoms. The number of para-hydroxylation sites is 2. The predicted octanol–water partition coefficient (Wildman–Crippen LogP) is 1.88. The van der Waals surface area contributed by atoms with Crippen LogP contribution in [-0.2, 0) is 9.59 Å². The van der Waals surface area contributed by atoms with Crippen LogP contribution in [0.5, 0.6) is 0 Å². The van der Waals surface area contributed by atoms with Crippen LogP contribution in [0.4, 0.5) is 11.4 Å². The molecule has 82 valence electrons. The van der Waals surface area contributed by atoms with E-state index >= 15 is 0 Å². The summed E-state index contributed by atoms with van der Waals surface area (Å²) in [6.07, 6.45) is 3.21. The molecule has 4 nitrogen and oxygen atoms in total. The number of hydrogen-bond acceptors (Lipinski definition) is 2. The number of benzene rings is 1. The van der Waals surface area contributed by atoms with Gasteiger partial charge in [-0.15, -0.1) is 0 Å². The van der Waals surface area contributed by atoms with Crippen LogP contribution in [0.1, 0.15) is 13.8 Å². The third kappa shape index (κ3) is 1.58. The highest BCUT2D eigenvalue weighted by Crippen LogP contribution is 2.33. The van der Waals surface area contributed by atoms with Crippen molar-refractivity contribution in [2.24, 2.45) is 0 Å². The van der Waals surface area contributed by atoms with Crippen molar-refractivity contribution in [1.82, 2.24) is 0 Å².